The van der Waals surface area contributed by atoms with Crippen molar-refractivity contribution in [3.05, 3.63) is 83.3 Å². The Kier molecular flexibility index (Phi) is 5.44. The average molecular weight is 412 g/mol. The van der Waals surface area contributed by atoms with Crippen LogP contribution in [0.25, 0.3) is 0 Å². The molecule has 29 heavy (non-hydrogen) atoms. The molecule has 1 amide bonds. The largest absolute Gasteiger partial charge is 0.438 e. The highest BCUT2D eigenvalue weighted by Gasteiger charge is 2.36. The fourth-order valence-electron chi connectivity index (χ4n) is 2.34. The Morgan fingerprint density at radius 2 is 1.59 bits per heavy atom. The number of anilines is 1. The zero-order chi connectivity index (χ0) is 21.2. The standard InChI is InChI=1S/C19H10F6N2O2/c20-10-8-13(19(23,24)25)18(26-9-10)29-12-6-4-11(5-7-12)27-17(28)16-14(21)2-1-3-15(16)22/h1-9H,(H,27,28). The molecule has 0 bridgehead atoms. The summed E-state index contributed by atoms with van der Waals surface area (Å²) in [6.45, 7) is 0. The summed E-state index contributed by atoms with van der Waals surface area (Å²) in [5.74, 6) is -5.28. The molecular formula is C19H10F6N2O2. The Morgan fingerprint density at radius 3 is 2.17 bits per heavy atom. The maximum absolute atomic E-state index is 13.6. The van der Waals surface area contributed by atoms with Crippen LogP contribution < -0.4 is 10.1 Å². The predicted octanol–water partition coefficient (Wildman–Crippen LogP) is 5.56. The molecule has 0 spiro atoms. The molecule has 10 heteroatoms. The molecule has 1 aromatic heterocycles. The Hall–Kier alpha value is -3.56. The van der Waals surface area contributed by atoms with Crippen LogP contribution in [0.4, 0.5) is 32.0 Å². The van der Waals surface area contributed by atoms with Crippen LogP contribution in [-0.2, 0) is 6.18 Å². The van der Waals surface area contributed by atoms with Gasteiger partial charge in [0.2, 0.25) is 5.88 Å². The lowest BCUT2D eigenvalue weighted by atomic mass is 10.1. The van der Waals surface area contributed by atoms with Gasteiger partial charge in [-0.15, -0.1) is 0 Å². The number of pyridine rings is 1. The molecule has 2 aromatic carbocycles. The molecule has 0 aliphatic rings. The van der Waals surface area contributed by atoms with Gasteiger partial charge in [-0.3, -0.25) is 4.79 Å². The molecule has 3 rings (SSSR count). The van der Waals surface area contributed by atoms with Crippen molar-refractivity contribution in [2.45, 2.75) is 6.18 Å². The van der Waals surface area contributed by atoms with Crippen molar-refractivity contribution >= 4 is 11.6 Å². The lowest BCUT2D eigenvalue weighted by Crippen LogP contribution is -2.15. The minimum absolute atomic E-state index is 0.0929. The van der Waals surface area contributed by atoms with Crippen LogP contribution in [0.3, 0.4) is 0 Å². The molecule has 0 saturated carbocycles. The number of benzene rings is 2. The van der Waals surface area contributed by atoms with E-state index in [-0.39, 0.29) is 17.5 Å². The highest BCUT2D eigenvalue weighted by atomic mass is 19.4. The lowest BCUT2D eigenvalue weighted by molar-refractivity contribution is -0.139. The van der Waals surface area contributed by atoms with E-state index in [2.05, 4.69) is 10.3 Å². The van der Waals surface area contributed by atoms with Crippen molar-refractivity contribution in [3.8, 4) is 11.6 Å². The number of hydrogen-bond donors (Lipinski definition) is 1. The molecule has 0 fully saturated rings. The van der Waals surface area contributed by atoms with E-state index >= 15 is 0 Å². The van der Waals surface area contributed by atoms with Gasteiger partial charge in [0.1, 0.15) is 34.3 Å². The molecule has 0 radical (unpaired) electrons. The van der Waals surface area contributed by atoms with Crippen molar-refractivity contribution in [1.82, 2.24) is 4.98 Å². The summed E-state index contributed by atoms with van der Waals surface area (Å²) >= 11 is 0. The smallest absolute Gasteiger partial charge is 0.421 e. The van der Waals surface area contributed by atoms with E-state index in [1.165, 1.54) is 24.3 Å². The molecule has 0 saturated heterocycles. The number of hydrogen-bond acceptors (Lipinski definition) is 3. The molecule has 4 nitrogen and oxygen atoms in total. The average Bonchev–Trinajstić information content (AvgIpc) is 2.64. The Balaban J connectivity index is 1.77. The van der Waals surface area contributed by atoms with E-state index in [1.54, 1.807) is 0 Å². The van der Waals surface area contributed by atoms with Crippen LogP contribution in [0, 0.1) is 17.5 Å². The monoisotopic (exact) mass is 412 g/mol. The van der Waals surface area contributed by atoms with Gasteiger partial charge in [0.25, 0.3) is 5.91 Å². The molecular weight excluding hydrogens is 402 g/mol. The van der Waals surface area contributed by atoms with Gasteiger partial charge in [-0.1, -0.05) is 6.07 Å². The summed E-state index contributed by atoms with van der Waals surface area (Å²) in [7, 11) is 0. The van der Waals surface area contributed by atoms with E-state index in [0.29, 0.717) is 6.20 Å². The van der Waals surface area contributed by atoms with Gasteiger partial charge < -0.3 is 10.1 Å². The van der Waals surface area contributed by atoms with Crippen LogP contribution >= 0.6 is 0 Å². The minimum atomic E-state index is -4.89. The van der Waals surface area contributed by atoms with Crippen molar-refractivity contribution in [2.24, 2.45) is 0 Å². The summed E-state index contributed by atoms with van der Waals surface area (Å²) in [5.41, 5.74) is -2.07. The Morgan fingerprint density at radius 1 is 0.966 bits per heavy atom. The number of carbonyl (C=O) groups excluding carboxylic acids is 1. The van der Waals surface area contributed by atoms with Crippen LogP contribution in [0.15, 0.2) is 54.7 Å². The fraction of sp³-hybridized carbons (Fsp3) is 0.0526. The second-order valence-corrected chi connectivity index (χ2v) is 5.68. The molecule has 1 heterocycles. The molecule has 0 unspecified atom stereocenters. The Labute approximate surface area is 159 Å². The Bertz CT molecular complexity index is 1030. The summed E-state index contributed by atoms with van der Waals surface area (Å²) in [6, 6.07) is 8.06. The maximum atomic E-state index is 13.6. The van der Waals surface area contributed by atoms with E-state index in [0.717, 1.165) is 18.2 Å². The first-order valence-corrected chi connectivity index (χ1v) is 7.91. The zero-order valence-corrected chi connectivity index (χ0v) is 14.2. The molecule has 3 aromatic rings. The first-order chi connectivity index (χ1) is 13.6. The van der Waals surface area contributed by atoms with E-state index in [4.69, 9.17) is 4.74 Å². The van der Waals surface area contributed by atoms with Crippen molar-refractivity contribution < 1.29 is 35.9 Å². The second kappa shape index (κ2) is 7.82. The topological polar surface area (TPSA) is 51.2 Å². The summed E-state index contributed by atoms with van der Waals surface area (Å²) < 4.78 is 84.3. The highest BCUT2D eigenvalue weighted by Crippen LogP contribution is 2.37. The normalized spacial score (nSPS) is 11.2. The first-order valence-electron chi connectivity index (χ1n) is 7.91. The summed E-state index contributed by atoms with van der Waals surface area (Å²) in [5, 5.41) is 2.25. The number of ether oxygens (including phenoxy) is 1. The third kappa shape index (κ3) is 4.65. The second-order valence-electron chi connectivity index (χ2n) is 5.68. The van der Waals surface area contributed by atoms with Gasteiger partial charge in [-0.2, -0.15) is 13.2 Å². The zero-order valence-electron chi connectivity index (χ0n) is 14.2. The van der Waals surface area contributed by atoms with Crippen LogP contribution in [-0.4, -0.2) is 10.9 Å². The quantitative estimate of drug-likeness (QED) is 0.571. The van der Waals surface area contributed by atoms with Gasteiger partial charge in [0.05, 0.1) is 6.20 Å². The highest BCUT2D eigenvalue weighted by molar-refractivity contribution is 6.04. The number of halogens is 6. The number of alkyl halides is 3. The summed E-state index contributed by atoms with van der Waals surface area (Å²) in [6.07, 6.45) is -4.32. The van der Waals surface area contributed by atoms with Gasteiger partial charge in [0, 0.05) is 5.69 Å². The lowest BCUT2D eigenvalue weighted by Gasteiger charge is -2.13. The van der Waals surface area contributed by atoms with E-state index < -0.39 is 46.5 Å². The van der Waals surface area contributed by atoms with E-state index in [9.17, 15) is 31.1 Å². The van der Waals surface area contributed by atoms with Gasteiger partial charge in [-0.25, -0.2) is 18.2 Å². The number of rotatable bonds is 4. The van der Waals surface area contributed by atoms with Crippen LogP contribution in [0.2, 0.25) is 0 Å². The predicted molar refractivity (Wildman–Crippen MR) is 90.0 cm³/mol. The third-order valence-corrected chi connectivity index (χ3v) is 3.64. The third-order valence-electron chi connectivity index (χ3n) is 3.64. The number of nitrogens with one attached hydrogen (secondary N) is 1. The van der Waals surface area contributed by atoms with Crippen LogP contribution in [0.1, 0.15) is 15.9 Å². The fourth-order valence-corrected chi connectivity index (χ4v) is 2.34. The van der Waals surface area contributed by atoms with Crippen molar-refractivity contribution in [3.63, 3.8) is 0 Å². The minimum Gasteiger partial charge on any atom is -0.438 e. The number of amides is 1. The van der Waals surface area contributed by atoms with Crippen molar-refractivity contribution in [2.75, 3.05) is 5.32 Å². The van der Waals surface area contributed by atoms with Crippen molar-refractivity contribution in [1.29, 1.82) is 0 Å². The summed E-state index contributed by atoms with van der Waals surface area (Å²) in [4.78, 5) is 15.3. The van der Waals surface area contributed by atoms with Gasteiger partial charge in [0.15, 0.2) is 0 Å². The first kappa shape index (κ1) is 20.2. The van der Waals surface area contributed by atoms with Gasteiger partial charge >= 0.3 is 6.18 Å². The molecule has 0 aliphatic heterocycles. The molecule has 1 N–H and O–H groups in total. The number of nitrogens with zero attached hydrogens (tertiary/aromatic N) is 1. The van der Waals surface area contributed by atoms with E-state index in [1.807, 2.05) is 0 Å². The maximum Gasteiger partial charge on any atom is 0.421 e. The van der Waals surface area contributed by atoms with Gasteiger partial charge in [-0.05, 0) is 42.5 Å². The van der Waals surface area contributed by atoms with Crippen LogP contribution in [0.5, 0.6) is 11.6 Å². The molecule has 0 atom stereocenters. The number of aromatic nitrogens is 1. The molecule has 150 valence electrons. The molecule has 0 aliphatic carbocycles. The number of carbonyl (C=O) groups is 1. The SMILES string of the molecule is O=C(Nc1ccc(Oc2ncc(F)cc2C(F)(F)F)cc1)c1c(F)cccc1F.